The van der Waals surface area contributed by atoms with Crippen molar-refractivity contribution in [2.24, 2.45) is 0 Å². The van der Waals surface area contributed by atoms with E-state index in [2.05, 4.69) is 487 Å². The number of ether oxygens (including phenoxy) is 3. The van der Waals surface area contributed by atoms with Crippen molar-refractivity contribution in [2.45, 2.75) is 0 Å². The van der Waals surface area contributed by atoms with Crippen LogP contribution >= 0.6 is 34.0 Å². The van der Waals surface area contributed by atoms with Gasteiger partial charge in [0.15, 0.2) is 0 Å². The second-order valence-corrected chi connectivity index (χ2v) is 41.6. The molecule has 0 amide bonds. The van der Waals surface area contributed by atoms with Gasteiger partial charge in [-0.2, -0.15) is 0 Å². The summed E-state index contributed by atoms with van der Waals surface area (Å²) in [5, 5.41) is 25.8. The Morgan fingerprint density at radius 3 is 1.20 bits per heavy atom. The van der Waals surface area contributed by atoms with Gasteiger partial charge < -0.3 is 27.7 Å². The third-order valence-corrected chi connectivity index (χ3v) is 34.6. The maximum atomic E-state index is 6.71. The van der Waals surface area contributed by atoms with Gasteiger partial charge in [-0.05, 0) is 202 Å². The smallest absolute Gasteiger partial charge is 0.252 e. The molecule has 0 N–H and O–H groups in total. The van der Waals surface area contributed by atoms with Crippen molar-refractivity contribution in [3.05, 3.63) is 473 Å². The molecule has 30 aromatic rings. The molecule has 3 aliphatic heterocycles. The molecule has 10 heterocycles. The quantitative estimate of drug-likeness (QED) is 0.118. The van der Waals surface area contributed by atoms with E-state index in [0.29, 0.717) is 0 Å². The van der Waals surface area contributed by atoms with Crippen LogP contribution in [0, 0.1) is 0 Å². The fourth-order valence-electron chi connectivity index (χ4n) is 24.8. The van der Waals surface area contributed by atoms with Crippen LogP contribution in [0.1, 0.15) is 0 Å². The molecule has 666 valence electrons. The third kappa shape index (κ3) is 12.2. The van der Waals surface area contributed by atoms with Gasteiger partial charge in [0.25, 0.3) is 20.1 Å². The number of thiophene rings is 3. The summed E-state index contributed by atoms with van der Waals surface area (Å²) in [4.78, 5) is 0. The number of hydrogen-bond donors (Lipinski definition) is 0. The molecule has 33 rings (SSSR count). The molecule has 3 aliphatic rings. The van der Waals surface area contributed by atoms with Gasteiger partial charge in [-0.15, -0.1) is 34.0 Å². The van der Waals surface area contributed by atoms with E-state index in [1.165, 1.54) is 257 Å². The van der Waals surface area contributed by atoms with E-state index in [9.17, 15) is 0 Å². The molecule has 0 saturated heterocycles. The fourth-order valence-corrected chi connectivity index (χ4v) is 28.6. The van der Waals surface area contributed by atoms with Crippen molar-refractivity contribution >= 4 is 278 Å². The van der Waals surface area contributed by atoms with Crippen LogP contribution < -0.4 is 63.4 Å². The molecule has 0 aliphatic carbocycles. The predicted octanol–water partition coefficient (Wildman–Crippen LogP) is 30.2. The van der Waals surface area contributed by atoms with Gasteiger partial charge in [0.05, 0.1) is 49.0 Å². The Morgan fingerprint density at radius 2 is 0.590 bits per heavy atom. The third-order valence-electron chi connectivity index (χ3n) is 30.9. The predicted molar refractivity (Wildman–Crippen MR) is 618 cm³/mol. The molecule has 6 nitrogen and oxygen atoms in total. The maximum absolute atomic E-state index is 6.71. The van der Waals surface area contributed by atoms with Crippen molar-refractivity contribution in [2.75, 3.05) is 0 Å². The van der Waals surface area contributed by atoms with E-state index in [-0.39, 0.29) is 20.1 Å². The summed E-state index contributed by atoms with van der Waals surface area (Å²) in [7, 11) is 0. The van der Waals surface area contributed by atoms with Crippen molar-refractivity contribution in [3.63, 3.8) is 0 Å². The van der Waals surface area contributed by atoms with E-state index < -0.39 is 0 Å². The molecule has 0 unspecified atom stereocenters. The van der Waals surface area contributed by atoms with Crippen LogP contribution in [0.5, 0.6) is 34.5 Å². The van der Waals surface area contributed by atoms with E-state index in [4.69, 9.17) is 14.2 Å². The highest BCUT2D eigenvalue weighted by molar-refractivity contribution is 7.29. The average Bonchev–Trinajstić information content (AvgIpc) is 1.52. The summed E-state index contributed by atoms with van der Waals surface area (Å²) in [6.07, 6.45) is 0. The SMILES string of the molecule is c1cc(B2c3ccccc3Oc3cc4c5ccccc5c5ccccc5c4cc32)cc(-c2cccc3c2sc2ccccc23)c1.c1ccc(-n2c3ccccc3c3cc(-c4ccc5c(c4)c4ccccc4n5-c4cccc5c4sc4c(B6c7ccccc7Oc7ccccc76)cccc45)ccc32)cc1.c1ccc2c(c1)Oc1ccccc1B2c1cccc2c1sc1ccc3c4cccc5c6ccccc6n(c54)c3c12. The largest absolute Gasteiger partial charge is 0.458 e. The standard InChI is InChI=1S/C54H33BN2OS.C42H25BOS.C36H20BNOS/c1-2-14-36(15-3-1)56-46-23-8-4-16-37(46)41-32-34(28-30-48(41)56)35-29-31-49-42(33-35)38-17-5-9-24-47(38)57(49)50-25-13-19-40-39-18-12-22-45(53(39)59-54(40)50)55-43-20-6-10-26-51(43)58-52-27-11-7-21-44(52)55;1-3-15-31-29(13-1)30-14-2-4-16-32(30)36-25-40-38(24-35(31)36)43(37-20-6-7-21-39(37)44-40)27-12-9-11-26(23-27)28-18-10-19-34-33-17-5-8-22-41(33)45-42(28)34;1-4-16-29-21(9-1)22-10-7-11-23-24-19-20-32-33(35(24)38(29)34(22)23)25-12-8-15-28(36(25)40-32)37-26-13-2-5-17-30(26)39-31-18-6-3-14-27(31)37/h1-33H;1-25H;1-20H. The minimum atomic E-state index is 0.0427. The maximum Gasteiger partial charge on any atom is 0.252 e. The van der Waals surface area contributed by atoms with Gasteiger partial charge in [0, 0.05) is 99.2 Å². The number of rotatable bonds is 7. The lowest BCUT2D eigenvalue weighted by molar-refractivity contribution is 0.487. The summed E-state index contributed by atoms with van der Waals surface area (Å²) >= 11 is 5.72. The Kier molecular flexibility index (Phi) is 18.1. The van der Waals surface area contributed by atoms with Crippen molar-refractivity contribution < 1.29 is 14.2 Å². The Morgan fingerprint density at radius 1 is 0.188 bits per heavy atom. The lowest BCUT2D eigenvalue weighted by Gasteiger charge is -2.28. The second-order valence-electron chi connectivity index (χ2n) is 38.4. The first-order chi connectivity index (χ1) is 71.5. The molecule has 0 radical (unpaired) electrons. The van der Waals surface area contributed by atoms with Crippen LogP contribution in [-0.4, -0.2) is 33.7 Å². The van der Waals surface area contributed by atoms with Gasteiger partial charge in [-0.1, -0.05) is 380 Å². The Bertz CT molecular complexity index is 10600. The molecular weight excluding hydrogens is 1800 g/mol. The first kappa shape index (κ1) is 81.3. The number of benzene rings is 23. The fraction of sp³-hybridized carbons (Fsp3) is 0. The number of hydrogen-bond acceptors (Lipinski definition) is 6. The van der Waals surface area contributed by atoms with Gasteiger partial charge in [-0.3, -0.25) is 0 Å². The molecular formula is C132H78B3N3O3S3. The van der Waals surface area contributed by atoms with E-state index in [0.717, 1.165) is 34.5 Å². The lowest BCUT2D eigenvalue weighted by Crippen LogP contribution is -2.54. The second kappa shape index (κ2) is 32.0. The van der Waals surface area contributed by atoms with Crippen molar-refractivity contribution in [1.82, 2.24) is 13.5 Å². The molecule has 144 heavy (non-hydrogen) atoms. The van der Waals surface area contributed by atoms with Crippen LogP contribution in [0.3, 0.4) is 0 Å². The molecule has 0 spiro atoms. The highest BCUT2D eigenvalue weighted by Crippen LogP contribution is 2.50. The Hall–Kier alpha value is -17.5. The van der Waals surface area contributed by atoms with E-state index >= 15 is 0 Å². The van der Waals surface area contributed by atoms with Gasteiger partial charge in [0.2, 0.25) is 0 Å². The summed E-state index contributed by atoms with van der Waals surface area (Å²) < 4.78 is 34.9. The Balaban J connectivity index is 0.000000101. The van der Waals surface area contributed by atoms with Crippen LogP contribution in [-0.2, 0) is 0 Å². The van der Waals surface area contributed by atoms with Crippen molar-refractivity contribution in [1.29, 1.82) is 0 Å². The zero-order valence-electron chi connectivity index (χ0n) is 77.6. The zero-order chi connectivity index (χ0) is 94.0. The van der Waals surface area contributed by atoms with Crippen LogP contribution in [0.2, 0.25) is 0 Å². The monoisotopic (exact) mass is 1880 g/mol. The Labute approximate surface area is 840 Å². The van der Waals surface area contributed by atoms with E-state index in [1.54, 1.807) is 0 Å². The molecule has 0 atom stereocenters. The zero-order valence-corrected chi connectivity index (χ0v) is 80.0. The molecule has 0 fully saturated rings. The van der Waals surface area contributed by atoms with Crippen LogP contribution in [0.4, 0.5) is 0 Å². The summed E-state index contributed by atoms with van der Waals surface area (Å²) in [6.45, 7) is 0.223. The molecule has 0 bridgehead atoms. The van der Waals surface area contributed by atoms with E-state index in [1.807, 2.05) is 34.0 Å². The first-order valence-electron chi connectivity index (χ1n) is 49.4. The molecule has 12 heteroatoms. The van der Waals surface area contributed by atoms with Crippen molar-refractivity contribution in [3.8, 4) is 68.1 Å². The lowest BCUT2D eigenvalue weighted by atomic mass is 9.35. The summed E-state index contributed by atoms with van der Waals surface area (Å²) in [5.41, 5.74) is 27.3. The summed E-state index contributed by atoms with van der Waals surface area (Å²) in [5.74, 6) is 5.61. The average molecular weight is 1880 g/mol. The van der Waals surface area contributed by atoms with Gasteiger partial charge >= 0.3 is 0 Å². The number of aromatic nitrogens is 3. The minimum Gasteiger partial charge on any atom is -0.458 e. The minimum absolute atomic E-state index is 0.0427. The van der Waals surface area contributed by atoms with Gasteiger partial charge in [-0.25, -0.2) is 0 Å². The molecule has 7 aromatic heterocycles. The molecule has 23 aromatic carbocycles. The summed E-state index contributed by atoms with van der Waals surface area (Å²) in [6, 6.07) is 173. The topological polar surface area (TPSA) is 42.0 Å². The van der Waals surface area contributed by atoms with Crippen LogP contribution in [0.15, 0.2) is 473 Å². The normalized spacial score (nSPS) is 12.7. The van der Waals surface area contributed by atoms with Gasteiger partial charge in [0.1, 0.15) is 34.5 Å². The number of nitrogens with zero attached hydrogens (tertiary/aromatic N) is 3. The first-order valence-corrected chi connectivity index (χ1v) is 51.9. The highest BCUT2D eigenvalue weighted by Gasteiger charge is 2.39. The number of fused-ring (bicyclic) bond motifs is 34. The molecule has 0 saturated carbocycles. The highest BCUT2D eigenvalue weighted by atomic mass is 32.1. The number of para-hydroxylation sites is 10. The van der Waals surface area contributed by atoms with Crippen LogP contribution in [0.25, 0.3) is 208 Å².